The first-order valence-corrected chi connectivity index (χ1v) is 10.4. The summed E-state index contributed by atoms with van der Waals surface area (Å²) >= 11 is 0. The highest BCUT2D eigenvalue weighted by Crippen LogP contribution is 2.10. The molecule has 8 heteroatoms. The quantitative estimate of drug-likeness (QED) is 0.641. The fourth-order valence-corrected chi connectivity index (χ4v) is 3.12. The molecule has 0 radical (unpaired) electrons. The van der Waals surface area contributed by atoms with E-state index in [1.807, 2.05) is 44.2 Å². The molecule has 3 amide bonds. The van der Waals surface area contributed by atoms with Gasteiger partial charge in [-0.25, -0.2) is 4.79 Å². The standard InChI is InChI=1S/C22H32N4O4/c1-16(2)13-19(25-22(28)26-9-11-29-12-10-26)21(27)24-20(14-23)17(3)30-15-18-7-5-4-6-8-18/h4-8,16-17,19-20H,9-13,15H2,1-3H3,(H,24,27)(H,25,28). The van der Waals surface area contributed by atoms with Crippen LogP contribution in [-0.4, -0.2) is 61.3 Å². The van der Waals surface area contributed by atoms with E-state index >= 15 is 0 Å². The number of urea groups is 1. The number of rotatable bonds is 9. The fourth-order valence-electron chi connectivity index (χ4n) is 3.12. The fraction of sp³-hybridized carbons (Fsp3) is 0.591. The molecule has 1 aromatic carbocycles. The summed E-state index contributed by atoms with van der Waals surface area (Å²) in [6.07, 6.45) is -0.0342. The molecule has 0 saturated carbocycles. The average molecular weight is 417 g/mol. The van der Waals surface area contributed by atoms with Crippen molar-refractivity contribution < 1.29 is 19.1 Å². The highest BCUT2D eigenvalue weighted by molar-refractivity contribution is 5.87. The summed E-state index contributed by atoms with van der Waals surface area (Å²) in [6, 6.07) is 9.89. The molecule has 2 N–H and O–H groups in total. The van der Waals surface area contributed by atoms with Gasteiger partial charge in [0.25, 0.3) is 0 Å². The number of amides is 3. The monoisotopic (exact) mass is 416 g/mol. The number of nitriles is 1. The molecule has 164 valence electrons. The Balaban J connectivity index is 1.94. The smallest absolute Gasteiger partial charge is 0.318 e. The van der Waals surface area contributed by atoms with Crippen molar-refractivity contribution in [2.75, 3.05) is 26.3 Å². The second kappa shape index (κ2) is 12.2. The van der Waals surface area contributed by atoms with E-state index in [2.05, 4.69) is 16.7 Å². The van der Waals surface area contributed by atoms with Crippen molar-refractivity contribution >= 4 is 11.9 Å². The van der Waals surface area contributed by atoms with Crippen LogP contribution in [0.4, 0.5) is 4.79 Å². The zero-order chi connectivity index (χ0) is 21.9. The molecule has 0 bridgehead atoms. The van der Waals surface area contributed by atoms with Crippen LogP contribution in [0.3, 0.4) is 0 Å². The van der Waals surface area contributed by atoms with Gasteiger partial charge in [0.2, 0.25) is 5.91 Å². The predicted octanol–water partition coefficient (Wildman–Crippen LogP) is 2.06. The Morgan fingerprint density at radius 3 is 2.43 bits per heavy atom. The maximum Gasteiger partial charge on any atom is 0.318 e. The molecule has 1 saturated heterocycles. The molecule has 0 aromatic heterocycles. The third kappa shape index (κ3) is 7.65. The zero-order valence-corrected chi connectivity index (χ0v) is 18.0. The van der Waals surface area contributed by atoms with Gasteiger partial charge in [0.15, 0.2) is 0 Å². The van der Waals surface area contributed by atoms with Gasteiger partial charge in [-0.2, -0.15) is 5.26 Å². The molecule has 1 heterocycles. The van der Waals surface area contributed by atoms with Crippen molar-refractivity contribution in [2.45, 2.75) is 52.0 Å². The summed E-state index contributed by atoms with van der Waals surface area (Å²) in [5.74, 6) is -0.190. The maximum absolute atomic E-state index is 12.9. The lowest BCUT2D eigenvalue weighted by Gasteiger charge is -2.30. The number of carbonyl (C=O) groups is 2. The topological polar surface area (TPSA) is 104 Å². The van der Waals surface area contributed by atoms with Gasteiger partial charge >= 0.3 is 6.03 Å². The van der Waals surface area contributed by atoms with Gasteiger partial charge in [0.1, 0.15) is 12.1 Å². The van der Waals surface area contributed by atoms with Crippen LogP contribution in [0.2, 0.25) is 0 Å². The van der Waals surface area contributed by atoms with Gasteiger partial charge in [0.05, 0.1) is 32.0 Å². The third-order valence-corrected chi connectivity index (χ3v) is 4.88. The lowest BCUT2D eigenvalue weighted by atomic mass is 10.0. The van der Waals surface area contributed by atoms with Crippen LogP contribution < -0.4 is 10.6 Å². The van der Waals surface area contributed by atoms with Gasteiger partial charge < -0.3 is 25.0 Å². The Bertz CT molecular complexity index is 714. The second-order valence-electron chi connectivity index (χ2n) is 7.85. The van der Waals surface area contributed by atoms with Crippen LogP contribution >= 0.6 is 0 Å². The highest BCUT2D eigenvalue weighted by atomic mass is 16.5. The van der Waals surface area contributed by atoms with Crippen LogP contribution in [0.25, 0.3) is 0 Å². The number of carbonyl (C=O) groups excluding carboxylic acids is 2. The van der Waals surface area contributed by atoms with Crippen molar-refractivity contribution in [1.82, 2.24) is 15.5 Å². The normalized spacial score (nSPS) is 17.0. The minimum Gasteiger partial charge on any atom is -0.378 e. The minimum absolute atomic E-state index is 0.193. The summed E-state index contributed by atoms with van der Waals surface area (Å²) in [7, 11) is 0. The molecule has 1 aromatic rings. The minimum atomic E-state index is -0.823. The summed E-state index contributed by atoms with van der Waals surface area (Å²) in [5, 5.41) is 15.1. The van der Waals surface area contributed by atoms with Gasteiger partial charge in [-0.15, -0.1) is 0 Å². The van der Waals surface area contributed by atoms with E-state index in [-0.39, 0.29) is 17.9 Å². The average Bonchev–Trinajstić information content (AvgIpc) is 2.76. The Kier molecular flexibility index (Phi) is 9.58. The second-order valence-corrected chi connectivity index (χ2v) is 7.85. The summed E-state index contributed by atoms with van der Waals surface area (Å²) in [6.45, 7) is 8.02. The molecule has 3 atom stereocenters. The maximum atomic E-state index is 12.9. The molecule has 1 aliphatic heterocycles. The van der Waals surface area contributed by atoms with Crippen molar-refractivity contribution in [2.24, 2.45) is 5.92 Å². The summed E-state index contributed by atoms with van der Waals surface area (Å²) in [4.78, 5) is 27.0. The molecule has 30 heavy (non-hydrogen) atoms. The lowest BCUT2D eigenvalue weighted by Crippen LogP contribution is -2.56. The highest BCUT2D eigenvalue weighted by Gasteiger charge is 2.28. The van der Waals surface area contributed by atoms with E-state index in [1.165, 1.54) is 0 Å². The van der Waals surface area contributed by atoms with E-state index in [0.717, 1.165) is 5.56 Å². The predicted molar refractivity (Wildman–Crippen MR) is 112 cm³/mol. The van der Waals surface area contributed by atoms with Crippen molar-refractivity contribution in [3.8, 4) is 6.07 Å². The first-order chi connectivity index (χ1) is 14.4. The number of nitrogens with one attached hydrogen (secondary N) is 2. The van der Waals surface area contributed by atoms with Crippen molar-refractivity contribution in [3.05, 3.63) is 35.9 Å². The molecule has 3 unspecified atom stereocenters. The number of ether oxygens (including phenoxy) is 2. The molecule has 8 nitrogen and oxygen atoms in total. The van der Waals surface area contributed by atoms with E-state index in [9.17, 15) is 14.9 Å². The lowest BCUT2D eigenvalue weighted by molar-refractivity contribution is -0.124. The van der Waals surface area contributed by atoms with Crippen molar-refractivity contribution in [1.29, 1.82) is 5.26 Å². The van der Waals surface area contributed by atoms with Gasteiger partial charge in [-0.05, 0) is 24.8 Å². The molecule has 1 aliphatic rings. The van der Waals surface area contributed by atoms with E-state index in [0.29, 0.717) is 39.3 Å². The third-order valence-electron chi connectivity index (χ3n) is 4.88. The molecule has 0 aliphatic carbocycles. The SMILES string of the molecule is CC(C)CC(NC(=O)N1CCOCC1)C(=O)NC(C#N)C(C)OCc1ccccc1. The van der Waals surface area contributed by atoms with Crippen LogP contribution in [0.5, 0.6) is 0 Å². The van der Waals surface area contributed by atoms with E-state index < -0.39 is 18.2 Å². The largest absolute Gasteiger partial charge is 0.378 e. The number of benzene rings is 1. The van der Waals surface area contributed by atoms with Gasteiger partial charge in [-0.1, -0.05) is 44.2 Å². The first-order valence-electron chi connectivity index (χ1n) is 10.4. The first kappa shape index (κ1) is 23.6. The van der Waals surface area contributed by atoms with E-state index in [4.69, 9.17) is 9.47 Å². The number of hydrogen-bond acceptors (Lipinski definition) is 5. The number of hydrogen-bond donors (Lipinski definition) is 2. The Hall–Kier alpha value is -2.63. The molecule has 1 fully saturated rings. The Morgan fingerprint density at radius 1 is 1.17 bits per heavy atom. The van der Waals surface area contributed by atoms with Gasteiger partial charge in [0, 0.05) is 13.1 Å². The summed E-state index contributed by atoms with van der Waals surface area (Å²) < 4.78 is 11.0. The summed E-state index contributed by atoms with van der Waals surface area (Å²) in [5.41, 5.74) is 0.989. The Labute approximate surface area is 178 Å². The van der Waals surface area contributed by atoms with Crippen LogP contribution in [0.1, 0.15) is 32.8 Å². The molecule has 0 spiro atoms. The number of nitrogens with zero attached hydrogens (tertiary/aromatic N) is 2. The van der Waals surface area contributed by atoms with Crippen LogP contribution in [0, 0.1) is 17.2 Å². The Morgan fingerprint density at radius 2 is 1.83 bits per heavy atom. The van der Waals surface area contributed by atoms with Gasteiger partial charge in [-0.3, -0.25) is 4.79 Å². The van der Waals surface area contributed by atoms with E-state index in [1.54, 1.807) is 11.8 Å². The molecule has 2 rings (SSSR count). The van der Waals surface area contributed by atoms with Crippen LogP contribution in [-0.2, 0) is 20.9 Å². The number of morpholine rings is 1. The van der Waals surface area contributed by atoms with Crippen LogP contribution in [0.15, 0.2) is 30.3 Å². The molecular weight excluding hydrogens is 384 g/mol. The molecular formula is C22H32N4O4. The zero-order valence-electron chi connectivity index (χ0n) is 18.0. The van der Waals surface area contributed by atoms with Crippen molar-refractivity contribution in [3.63, 3.8) is 0 Å².